The number of benzene rings is 2. The van der Waals surface area contributed by atoms with Crippen molar-refractivity contribution in [1.29, 1.82) is 0 Å². The van der Waals surface area contributed by atoms with Crippen molar-refractivity contribution in [3.63, 3.8) is 0 Å². The average molecular weight is 482 g/mol. The Morgan fingerprint density at radius 1 is 1.14 bits per heavy atom. The van der Waals surface area contributed by atoms with Crippen molar-refractivity contribution in [2.24, 2.45) is 0 Å². The summed E-state index contributed by atoms with van der Waals surface area (Å²) in [5.74, 6) is -0.178. The molecule has 3 rings (SSSR count). The van der Waals surface area contributed by atoms with E-state index in [1.54, 1.807) is 29.2 Å². The highest BCUT2D eigenvalue weighted by Gasteiger charge is 2.23. The minimum atomic E-state index is -3.42. The van der Waals surface area contributed by atoms with Crippen molar-refractivity contribution in [3.8, 4) is 0 Å². The van der Waals surface area contributed by atoms with Crippen LogP contribution < -0.4 is 4.90 Å². The van der Waals surface area contributed by atoms with Crippen molar-refractivity contribution in [2.45, 2.75) is 4.90 Å². The molecule has 3 aromatic rings. The van der Waals surface area contributed by atoms with E-state index in [-0.39, 0.29) is 10.8 Å². The summed E-state index contributed by atoms with van der Waals surface area (Å²) >= 11 is 4.71. The Hall–Kier alpha value is -1.81. The van der Waals surface area contributed by atoms with Gasteiger partial charge in [0, 0.05) is 29.4 Å². The molecular formula is C19H20BrN3O3S2. The Morgan fingerprint density at radius 2 is 1.86 bits per heavy atom. The Bertz CT molecular complexity index is 1130. The van der Waals surface area contributed by atoms with Gasteiger partial charge in [-0.25, -0.2) is 13.4 Å². The maximum atomic E-state index is 13.2. The molecule has 1 amide bonds. The second-order valence-corrected chi connectivity index (χ2v) is 10.6. The number of fused-ring (bicyclic) bond motifs is 1. The zero-order valence-corrected chi connectivity index (χ0v) is 18.9. The second kappa shape index (κ2) is 8.28. The van der Waals surface area contributed by atoms with Gasteiger partial charge >= 0.3 is 0 Å². The van der Waals surface area contributed by atoms with Gasteiger partial charge in [-0.15, -0.1) is 0 Å². The van der Waals surface area contributed by atoms with E-state index < -0.39 is 9.84 Å². The lowest BCUT2D eigenvalue weighted by Crippen LogP contribution is -2.36. The third kappa shape index (κ3) is 4.60. The minimum Gasteiger partial charge on any atom is -0.308 e. The Kier molecular flexibility index (Phi) is 6.18. The number of hydrogen-bond donors (Lipinski definition) is 0. The van der Waals surface area contributed by atoms with Crippen LogP contribution in [0.4, 0.5) is 5.13 Å². The maximum Gasteiger partial charge on any atom is 0.260 e. The number of sulfone groups is 1. The molecule has 148 valence electrons. The van der Waals surface area contributed by atoms with E-state index >= 15 is 0 Å². The van der Waals surface area contributed by atoms with Crippen LogP contribution in [-0.4, -0.2) is 57.6 Å². The first-order valence-electron chi connectivity index (χ1n) is 8.48. The average Bonchev–Trinajstić information content (AvgIpc) is 3.04. The Labute approximate surface area is 176 Å². The molecule has 28 heavy (non-hydrogen) atoms. The number of likely N-dealkylation sites (N-methyl/N-ethyl adjacent to an activating group) is 1. The van der Waals surface area contributed by atoms with Crippen molar-refractivity contribution < 1.29 is 13.2 Å². The van der Waals surface area contributed by atoms with Crippen LogP contribution in [0, 0.1) is 0 Å². The molecule has 0 aliphatic heterocycles. The summed E-state index contributed by atoms with van der Waals surface area (Å²) in [6.07, 6.45) is 1.16. The summed E-state index contributed by atoms with van der Waals surface area (Å²) in [4.78, 5) is 21.5. The van der Waals surface area contributed by atoms with Crippen molar-refractivity contribution >= 4 is 58.4 Å². The number of carbonyl (C=O) groups excluding carboxylic acids is 1. The largest absolute Gasteiger partial charge is 0.308 e. The molecule has 0 spiro atoms. The van der Waals surface area contributed by atoms with Crippen molar-refractivity contribution in [2.75, 3.05) is 38.3 Å². The predicted octanol–water partition coefficient (Wildman–Crippen LogP) is 3.67. The molecule has 0 aliphatic carbocycles. The fourth-order valence-corrected chi connectivity index (χ4v) is 5.00. The number of para-hydroxylation sites is 1. The van der Waals surface area contributed by atoms with Gasteiger partial charge in [-0.3, -0.25) is 9.69 Å². The highest BCUT2D eigenvalue weighted by Crippen LogP contribution is 2.33. The maximum absolute atomic E-state index is 13.2. The summed E-state index contributed by atoms with van der Waals surface area (Å²) in [5.41, 5.74) is 0.942. The van der Waals surface area contributed by atoms with Crippen molar-refractivity contribution in [1.82, 2.24) is 9.88 Å². The highest BCUT2D eigenvalue weighted by atomic mass is 79.9. The first-order valence-corrected chi connectivity index (χ1v) is 12.0. The van der Waals surface area contributed by atoms with Crippen LogP contribution in [0.1, 0.15) is 10.4 Å². The standard InChI is InChI=1S/C19H20BrN3O3S2/c1-22(2)10-11-23(18(24)13-6-4-7-14(20)12-13)19-21-17-15(27-19)8-5-9-16(17)28(3,25)26/h4-9,12H,10-11H2,1-3H3. The topological polar surface area (TPSA) is 70.6 Å². The fourth-order valence-electron chi connectivity index (χ4n) is 2.69. The van der Waals surface area contributed by atoms with Gasteiger partial charge in [0.2, 0.25) is 0 Å². The van der Waals surface area contributed by atoms with Crippen LogP contribution in [0.3, 0.4) is 0 Å². The van der Waals surface area contributed by atoms with E-state index in [0.29, 0.717) is 29.3 Å². The first kappa shape index (κ1) is 20.9. The fraction of sp³-hybridized carbons (Fsp3) is 0.263. The molecular weight excluding hydrogens is 462 g/mol. The van der Waals surface area contributed by atoms with Crippen LogP contribution in [-0.2, 0) is 9.84 Å². The van der Waals surface area contributed by atoms with E-state index in [9.17, 15) is 13.2 Å². The number of carbonyl (C=O) groups is 1. The molecule has 0 N–H and O–H groups in total. The van der Waals surface area contributed by atoms with E-state index in [4.69, 9.17) is 0 Å². The number of aromatic nitrogens is 1. The lowest BCUT2D eigenvalue weighted by Gasteiger charge is -2.22. The van der Waals surface area contributed by atoms with Gasteiger partial charge in [-0.2, -0.15) is 0 Å². The Morgan fingerprint density at radius 3 is 2.50 bits per heavy atom. The number of amides is 1. The van der Waals surface area contributed by atoms with Crippen LogP contribution in [0.25, 0.3) is 10.2 Å². The number of thiazole rings is 1. The highest BCUT2D eigenvalue weighted by molar-refractivity contribution is 9.10. The van der Waals surface area contributed by atoms with Gasteiger partial charge in [0.15, 0.2) is 15.0 Å². The van der Waals surface area contributed by atoms with E-state index in [2.05, 4.69) is 20.9 Å². The zero-order chi connectivity index (χ0) is 20.5. The van der Waals surface area contributed by atoms with Gasteiger partial charge in [0.25, 0.3) is 5.91 Å². The smallest absolute Gasteiger partial charge is 0.260 e. The normalized spacial score (nSPS) is 11.9. The SMILES string of the molecule is CN(C)CCN(C(=O)c1cccc(Br)c1)c1nc2c(S(C)(=O)=O)cccc2s1. The molecule has 0 atom stereocenters. The molecule has 1 aromatic heterocycles. The molecule has 2 aromatic carbocycles. The quantitative estimate of drug-likeness (QED) is 0.536. The molecule has 0 unspecified atom stereocenters. The number of nitrogens with zero attached hydrogens (tertiary/aromatic N) is 3. The summed E-state index contributed by atoms with van der Waals surface area (Å²) in [6, 6.07) is 12.2. The molecule has 6 nitrogen and oxygen atoms in total. The van der Waals surface area contributed by atoms with Gasteiger partial charge in [0.1, 0.15) is 5.52 Å². The third-order valence-electron chi connectivity index (χ3n) is 4.09. The number of anilines is 1. The van der Waals surface area contributed by atoms with Crippen LogP contribution in [0.2, 0.25) is 0 Å². The molecule has 0 aliphatic rings. The predicted molar refractivity (Wildman–Crippen MR) is 117 cm³/mol. The number of hydrogen-bond acceptors (Lipinski definition) is 6. The summed E-state index contributed by atoms with van der Waals surface area (Å²) in [5, 5.41) is 0.484. The van der Waals surface area contributed by atoms with Crippen LogP contribution in [0.5, 0.6) is 0 Å². The van der Waals surface area contributed by atoms with Crippen LogP contribution >= 0.6 is 27.3 Å². The lowest BCUT2D eigenvalue weighted by molar-refractivity contribution is 0.0985. The summed E-state index contributed by atoms with van der Waals surface area (Å²) in [7, 11) is 0.446. The van der Waals surface area contributed by atoms with Gasteiger partial charge in [-0.05, 0) is 44.4 Å². The number of halogens is 1. The van der Waals surface area contributed by atoms with Gasteiger partial charge in [0.05, 0.1) is 9.60 Å². The van der Waals surface area contributed by atoms with Crippen LogP contribution in [0.15, 0.2) is 51.8 Å². The molecule has 0 bridgehead atoms. The van der Waals surface area contributed by atoms with Gasteiger partial charge < -0.3 is 4.90 Å². The molecule has 0 saturated heterocycles. The molecule has 0 radical (unpaired) electrons. The molecule has 1 heterocycles. The minimum absolute atomic E-state index is 0.176. The number of rotatable bonds is 6. The second-order valence-electron chi connectivity index (χ2n) is 6.64. The molecule has 0 fully saturated rings. The van der Waals surface area contributed by atoms with E-state index in [1.165, 1.54) is 11.3 Å². The molecule has 0 saturated carbocycles. The van der Waals surface area contributed by atoms with E-state index in [0.717, 1.165) is 15.4 Å². The summed E-state index contributed by atoms with van der Waals surface area (Å²) < 4.78 is 25.8. The third-order valence-corrected chi connectivity index (χ3v) is 6.75. The lowest BCUT2D eigenvalue weighted by atomic mass is 10.2. The molecule has 9 heteroatoms. The zero-order valence-electron chi connectivity index (χ0n) is 15.7. The van der Waals surface area contributed by atoms with Gasteiger partial charge in [-0.1, -0.05) is 39.4 Å². The Balaban J connectivity index is 2.09. The van der Waals surface area contributed by atoms with E-state index in [1.807, 2.05) is 37.2 Å². The first-order chi connectivity index (χ1) is 13.2. The summed E-state index contributed by atoms with van der Waals surface area (Å²) in [6.45, 7) is 1.08. The monoisotopic (exact) mass is 481 g/mol. The van der Waals surface area contributed by atoms with Crippen molar-refractivity contribution in [3.05, 3.63) is 52.5 Å².